The van der Waals surface area contributed by atoms with E-state index in [1.807, 2.05) is 26.0 Å². The smallest absolute Gasteiger partial charge is 0.276 e. The van der Waals surface area contributed by atoms with Gasteiger partial charge in [-0.3, -0.25) is 9.59 Å². The molecule has 0 saturated carbocycles. The van der Waals surface area contributed by atoms with Crippen molar-refractivity contribution in [2.24, 2.45) is 0 Å². The molecular weight excluding hydrogens is 392 g/mol. The number of pyridine rings is 1. The second-order valence-electron chi connectivity index (χ2n) is 6.56. The number of rotatable bonds is 6. The second kappa shape index (κ2) is 8.83. The van der Waals surface area contributed by atoms with Crippen LogP contribution >= 0.6 is 11.6 Å². The first-order valence-electron chi connectivity index (χ1n) is 9.07. The molecule has 9 heteroatoms. The standard InChI is InChI=1S/C20H21ClN6O2/c1-4-16-19(24-25-27(16)15-7-5-6-14(21)10-15)20(29)26(3)12-18(28)23-17-9-8-13(2)11-22-17/h5-11H,4,12H2,1-3H3,(H,22,23,28). The van der Waals surface area contributed by atoms with Crippen molar-refractivity contribution in [1.82, 2.24) is 24.9 Å². The number of aryl methyl sites for hydroxylation is 1. The van der Waals surface area contributed by atoms with Gasteiger partial charge < -0.3 is 10.2 Å². The summed E-state index contributed by atoms with van der Waals surface area (Å²) in [6.07, 6.45) is 2.19. The van der Waals surface area contributed by atoms with Crippen molar-refractivity contribution in [3.05, 3.63) is 64.6 Å². The van der Waals surface area contributed by atoms with Gasteiger partial charge in [-0.2, -0.15) is 0 Å². The van der Waals surface area contributed by atoms with E-state index in [4.69, 9.17) is 11.6 Å². The SMILES string of the molecule is CCc1c(C(=O)N(C)CC(=O)Nc2ccc(C)cn2)nnn1-c1cccc(Cl)c1. The van der Waals surface area contributed by atoms with Gasteiger partial charge in [-0.1, -0.05) is 35.9 Å². The van der Waals surface area contributed by atoms with Crippen LogP contribution in [0.5, 0.6) is 0 Å². The van der Waals surface area contributed by atoms with E-state index in [-0.39, 0.29) is 24.1 Å². The molecule has 150 valence electrons. The van der Waals surface area contributed by atoms with Crippen LogP contribution in [0, 0.1) is 6.92 Å². The molecule has 3 rings (SSSR count). The Kier molecular flexibility index (Phi) is 6.23. The fourth-order valence-corrected chi connectivity index (χ4v) is 2.98. The molecule has 0 aliphatic rings. The number of hydrogen-bond donors (Lipinski definition) is 1. The van der Waals surface area contributed by atoms with Crippen LogP contribution < -0.4 is 5.32 Å². The summed E-state index contributed by atoms with van der Waals surface area (Å²) in [5.41, 5.74) is 2.55. The molecule has 1 aromatic carbocycles. The number of nitrogens with one attached hydrogen (secondary N) is 1. The van der Waals surface area contributed by atoms with Gasteiger partial charge in [0.05, 0.1) is 17.9 Å². The lowest BCUT2D eigenvalue weighted by Gasteiger charge is -2.16. The number of nitrogens with zero attached hydrogens (tertiary/aromatic N) is 5. The predicted octanol–water partition coefficient (Wildman–Crippen LogP) is 2.90. The van der Waals surface area contributed by atoms with Crippen molar-refractivity contribution < 1.29 is 9.59 Å². The lowest BCUT2D eigenvalue weighted by atomic mass is 10.2. The molecule has 2 amide bonds. The van der Waals surface area contributed by atoms with E-state index in [1.54, 1.807) is 42.2 Å². The summed E-state index contributed by atoms with van der Waals surface area (Å²) in [7, 11) is 1.54. The minimum Gasteiger partial charge on any atom is -0.331 e. The Bertz CT molecular complexity index is 1030. The monoisotopic (exact) mass is 412 g/mol. The quantitative estimate of drug-likeness (QED) is 0.671. The van der Waals surface area contributed by atoms with E-state index in [1.165, 1.54) is 4.90 Å². The third-order valence-corrected chi connectivity index (χ3v) is 4.49. The predicted molar refractivity (Wildman–Crippen MR) is 110 cm³/mol. The summed E-state index contributed by atoms with van der Waals surface area (Å²) in [5, 5.41) is 11.4. The zero-order chi connectivity index (χ0) is 21.0. The van der Waals surface area contributed by atoms with Crippen molar-refractivity contribution in [3.63, 3.8) is 0 Å². The molecule has 29 heavy (non-hydrogen) atoms. The summed E-state index contributed by atoms with van der Waals surface area (Å²) < 4.78 is 1.59. The molecule has 8 nitrogen and oxygen atoms in total. The van der Waals surface area contributed by atoms with Gasteiger partial charge in [-0.15, -0.1) is 5.10 Å². The molecule has 0 aliphatic carbocycles. The fourth-order valence-electron chi connectivity index (χ4n) is 2.79. The molecule has 0 fully saturated rings. The Morgan fingerprint density at radius 3 is 2.69 bits per heavy atom. The first-order chi connectivity index (χ1) is 13.9. The summed E-state index contributed by atoms with van der Waals surface area (Å²) >= 11 is 6.06. The zero-order valence-electron chi connectivity index (χ0n) is 16.4. The van der Waals surface area contributed by atoms with Crippen molar-refractivity contribution in [2.45, 2.75) is 20.3 Å². The lowest BCUT2D eigenvalue weighted by Crippen LogP contribution is -2.35. The van der Waals surface area contributed by atoms with Crippen molar-refractivity contribution >= 4 is 29.2 Å². The van der Waals surface area contributed by atoms with Gasteiger partial charge >= 0.3 is 0 Å². The van der Waals surface area contributed by atoms with Crippen molar-refractivity contribution in [1.29, 1.82) is 0 Å². The van der Waals surface area contributed by atoms with Crippen LogP contribution in [-0.2, 0) is 11.2 Å². The third kappa shape index (κ3) is 4.78. The Morgan fingerprint density at radius 2 is 2.03 bits per heavy atom. The highest BCUT2D eigenvalue weighted by atomic mass is 35.5. The molecule has 0 atom stereocenters. The fraction of sp³-hybridized carbons (Fsp3) is 0.250. The number of aromatic nitrogens is 4. The number of amides is 2. The average molecular weight is 413 g/mol. The molecule has 0 spiro atoms. The van der Waals surface area contributed by atoms with E-state index in [9.17, 15) is 9.59 Å². The molecule has 2 aromatic heterocycles. The zero-order valence-corrected chi connectivity index (χ0v) is 17.1. The van der Waals surface area contributed by atoms with Crippen LogP contribution in [0.4, 0.5) is 5.82 Å². The van der Waals surface area contributed by atoms with Gasteiger partial charge in [0, 0.05) is 18.3 Å². The van der Waals surface area contributed by atoms with Crippen LogP contribution in [-0.4, -0.2) is 50.3 Å². The first-order valence-corrected chi connectivity index (χ1v) is 9.45. The third-order valence-electron chi connectivity index (χ3n) is 4.26. The van der Waals surface area contributed by atoms with Gasteiger partial charge in [0.1, 0.15) is 5.82 Å². The summed E-state index contributed by atoms with van der Waals surface area (Å²) in [6.45, 7) is 3.68. The highest BCUT2D eigenvalue weighted by Gasteiger charge is 2.23. The maximum absolute atomic E-state index is 12.9. The van der Waals surface area contributed by atoms with Crippen molar-refractivity contribution in [2.75, 3.05) is 18.9 Å². The lowest BCUT2D eigenvalue weighted by molar-refractivity contribution is -0.116. The molecule has 1 N–H and O–H groups in total. The number of halogens is 1. The molecule has 0 bridgehead atoms. The van der Waals surface area contributed by atoms with Crippen LogP contribution in [0.3, 0.4) is 0 Å². The Balaban J connectivity index is 1.74. The molecular formula is C20H21ClN6O2. The van der Waals surface area contributed by atoms with Crippen LogP contribution in [0.15, 0.2) is 42.6 Å². The summed E-state index contributed by atoms with van der Waals surface area (Å²) in [5.74, 6) is -0.303. The molecule has 0 saturated heterocycles. The van der Waals surface area contributed by atoms with Crippen LogP contribution in [0.2, 0.25) is 5.02 Å². The molecule has 0 aliphatic heterocycles. The molecule has 3 aromatic rings. The van der Waals surface area contributed by atoms with E-state index in [2.05, 4.69) is 20.6 Å². The van der Waals surface area contributed by atoms with Gasteiger partial charge in [0.2, 0.25) is 5.91 Å². The van der Waals surface area contributed by atoms with Crippen LogP contribution in [0.1, 0.15) is 28.7 Å². The van der Waals surface area contributed by atoms with E-state index in [0.29, 0.717) is 28.6 Å². The highest BCUT2D eigenvalue weighted by Crippen LogP contribution is 2.18. The minimum atomic E-state index is -0.387. The molecule has 0 unspecified atom stereocenters. The maximum atomic E-state index is 12.9. The number of benzene rings is 1. The van der Waals surface area contributed by atoms with E-state index >= 15 is 0 Å². The average Bonchev–Trinajstić information content (AvgIpc) is 3.13. The Labute approximate surface area is 173 Å². The number of likely N-dealkylation sites (N-methyl/N-ethyl adjacent to an activating group) is 1. The van der Waals surface area contributed by atoms with E-state index in [0.717, 1.165) is 5.56 Å². The normalized spacial score (nSPS) is 10.6. The maximum Gasteiger partial charge on any atom is 0.276 e. The topological polar surface area (TPSA) is 93.0 Å². The summed E-state index contributed by atoms with van der Waals surface area (Å²) in [6, 6.07) is 10.7. The largest absolute Gasteiger partial charge is 0.331 e. The van der Waals surface area contributed by atoms with E-state index < -0.39 is 0 Å². The van der Waals surface area contributed by atoms with Gasteiger partial charge in [0.25, 0.3) is 5.91 Å². The van der Waals surface area contributed by atoms with Gasteiger partial charge in [0.15, 0.2) is 5.69 Å². The second-order valence-corrected chi connectivity index (χ2v) is 7.00. The molecule has 0 radical (unpaired) electrons. The Hall–Kier alpha value is -3.26. The Morgan fingerprint density at radius 1 is 1.24 bits per heavy atom. The van der Waals surface area contributed by atoms with Crippen molar-refractivity contribution in [3.8, 4) is 5.69 Å². The van der Waals surface area contributed by atoms with Crippen LogP contribution in [0.25, 0.3) is 5.69 Å². The molecule has 2 heterocycles. The highest BCUT2D eigenvalue weighted by molar-refractivity contribution is 6.30. The number of hydrogen-bond acceptors (Lipinski definition) is 5. The number of anilines is 1. The number of carbonyl (C=O) groups excluding carboxylic acids is 2. The van der Waals surface area contributed by atoms with Gasteiger partial charge in [-0.05, 0) is 43.2 Å². The first kappa shape index (κ1) is 20.5. The number of carbonyl (C=O) groups is 2. The minimum absolute atomic E-state index is 0.137. The van der Waals surface area contributed by atoms with Gasteiger partial charge in [-0.25, -0.2) is 9.67 Å². The summed E-state index contributed by atoms with van der Waals surface area (Å²) in [4.78, 5) is 30.5.